The fraction of sp³-hybridized carbons (Fsp3) is 0.114. The standard InChI is InChI=1S/C35H26Cl2IN3O4S/c1-20-30(33(42)40-25-9-4-3-5-10-25)31(22-12-14-24(36)15-13-22)41-34(43)29(46-35(41)39-20)18-21-16-27(38)32(28(17-21)44-2)45-19-23-8-6-7-11-26(23)37/h3-18,31H,19H2,1-2H3,(H,40,42)/t31-/m1/s1. The van der Waals surface area contributed by atoms with Crippen molar-refractivity contribution < 1.29 is 14.3 Å². The minimum absolute atomic E-state index is 0.269. The first-order valence-corrected chi connectivity index (χ1v) is 16.8. The number of para-hydroxylation sites is 1. The normalized spacial score (nSPS) is 14.5. The molecule has 46 heavy (non-hydrogen) atoms. The Morgan fingerprint density at radius 2 is 1.76 bits per heavy atom. The van der Waals surface area contributed by atoms with Crippen LogP contribution in [0.1, 0.15) is 29.7 Å². The molecule has 0 saturated carbocycles. The lowest BCUT2D eigenvalue weighted by Crippen LogP contribution is -2.40. The van der Waals surface area contributed by atoms with Gasteiger partial charge in [0.05, 0.1) is 32.5 Å². The first-order chi connectivity index (χ1) is 22.2. The highest BCUT2D eigenvalue weighted by molar-refractivity contribution is 14.1. The molecule has 1 atom stereocenters. The second-order valence-corrected chi connectivity index (χ2v) is 13.4. The third-order valence-electron chi connectivity index (χ3n) is 7.36. The summed E-state index contributed by atoms with van der Waals surface area (Å²) >= 11 is 16.0. The van der Waals surface area contributed by atoms with Gasteiger partial charge in [-0.2, -0.15) is 0 Å². The van der Waals surface area contributed by atoms with Gasteiger partial charge in [-0.15, -0.1) is 0 Å². The fourth-order valence-corrected chi connectivity index (χ4v) is 7.32. The number of rotatable bonds is 8. The maximum absolute atomic E-state index is 14.1. The topological polar surface area (TPSA) is 81.9 Å². The average molecular weight is 782 g/mol. The van der Waals surface area contributed by atoms with Gasteiger partial charge in [-0.3, -0.25) is 14.2 Å². The molecular formula is C35H26Cl2IN3O4S. The number of halogens is 3. The molecule has 2 heterocycles. The number of anilines is 1. The number of fused-ring (bicyclic) bond motifs is 1. The van der Waals surface area contributed by atoms with E-state index in [-0.39, 0.29) is 18.1 Å². The molecule has 1 N–H and O–H groups in total. The van der Waals surface area contributed by atoms with Crippen LogP contribution < -0.4 is 29.7 Å². The van der Waals surface area contributed by atoms with E-state index in [1.165, 1.54) is 11.3 Å². The van der Waals surface area contributed by atoms with Gasteiger partial charge in [0.25, 0.3) is 11.5 Å². The fourth-order valence-electron chi connectivity index (χ4n) is 5.17. The van der Waals surface area contributed by atoms with Gasteiger partial charge in [0.2, 0.25) is 0 Å². The molecule has 6 rings (SSSR count). The van der Waals surface area contributed by atoms with Crippen molar-refractivity contribution in [2.24, 2.45) is 4.99 Å². The van der Waals surface area contributed by atoms with Crippen molar-refractivity contribution in [1.29, 1.82) is 0 Å². The molecule has 0 unspecified atom stereocenters. The lowest BCUT2D eigenvalue weighted by atomic mass is 9.95. The van der Waals surface area contributed by atoms with Crippen molar-refractivity contribution in [3.05, 3.63) is 152 Å². The number of benzene rings is 4. The third kappa shape index (κ3) is 6.64. The molecule has 1 aliphatic rings. The predicted octanol–water partition coefficient (Wildman–Crippen LogP) is 7.37. The molecule has 0 fully saturated rings. The molecule has 0 radical (unpaired) electrons. The molecule has 0 aliphatic carbocycles. The quantitative estimate of drug-likeness (QED) is 0.167. The highest BCUT2D eigenvalue weighted by atomic mass is 127. The van der Waals surface area contributed by atoms with Crippen LogP contribution in [0.25, 0.3) is 6.08 Å². The van der Waals surface area contributed by atoms with Gasteiger partial charge in [0.1, 0.15) is 6.61 Å². The van der Waals surface area contributed by atoms with Gasteiger partial charge in [-0.25, -0.2) is 4.99 Å². The Bertz CT molecular complexity index is 2160. The van der Waals surface area contributed by atoms with Gasteiger partial charge in [-0.1, -0.05) is 83.1 Å². The number of thiazole rings is 1. The van der Waals surface area contributed by atoms with Crippen molar-refractivity contribution in [2.45, 2.75) is 19.6 Å². The Hall–Kier alpha value is -3.90. The predicted molar refractivity (Wildman–Crippen MR) is 192 cm³/mol. The number of aromatic nitrogens is 1. The van der Waals surface area contributed by atoms with Crippen LogP contribution in [0.4, 0.5) is 5.69 Å². The Morgan fingerprint density at radius 3 is 2.48 bits per heavy atom. The summed E-state index contributed by atoms with van der Waals surface area (Å²) in [4.78, 5) is 33.1. The number of allylic oxidation sites excluding steroid dienone is 1. The van der Waals surface area contributed by atoms with Crippen LogP contribution in [0.15, 0.2) is 112 Å². The van der Waals surface area contributed by atoms with Crippen LogP contribution in [-0.2, 0) is 11.4 Å². The molecule has 4 aromatic carbocycles. The summed E-state index contributed by atoms with van der Waals surface area (Å²) in [5, 5.41) is 4.13. The minimum atomic E-state index is -0.713. The summed E-state index contributed by atoms with van der Waals surface area (Å²) in [5.41, 5.74) is 3.61. The van der Waals surface area contributed by atoms with Crippen molar-refractivity contribution >= 4 is 74.8 Å². The molecule has 0 spiro atoms. The number of ether oxygens (including phenoxy) is 2. The van der Waals surface area contributed by atoms with E-state index in [1.807, 2.05) is 78.9 Å². The summed E-state index contributed by atoms with van der Waals surface area (Å²) in [5.74, 6) is 0.759. The molecule has 232 valence electrons. The lowest BCUT2D eigenvalue weighted by molar-refractivity contribution is -0.113. The van der Waals surface area contributed by atoms with E-state index in [9.17, 15) is 9.59 Å². The summed E-state index contributed by atoms with van der Waals surface area (Å²) in [7, 11) is 1.57. The molecule has 1 aliphatic heterocycles. The number of nitrogens with one attached hydrogen (secondary N) is 1. The van der Waals surface area contributed by atoms with Gasteiger partial charge >= 0.3 is 0 Å². The zero-order chi connectivity index (χ0) is 32.4. The van der Waals surface area contributed by atoms with E-state index >= 15 is 0 Å². The number of amides is 1. The summed E-state index contributed by atoms with van der Waals surface area (Å²) in [6.45, 7) is 2.06. The smallest absolute Gasteiger partial charge is 0.271 e. The summed E-state index contributed by atoms with van der Waals surface area (Å²) in [6, 6.07) is 26.9. The number of hydrogen-bond acceptors (Lipinski definition) is 6. The summed E-state index contributed by atoms with van der Waals surface area (Å²) in [6.07, 6.45) is 1.80. The molecule has 11 heteroatoms. The van der Waals surface area contributed by atoms with Gasteiger partial charge in [0, 0.05) is 21.3 Å². The second-order valence-electron chi connectivity index (χ2n) is 10.4. The van der Waals surface area contributed by atoms with Crippen molar-refractivity contribution in [2.75, 3.05) is 12.4 Å². The monoisotopic (exact) mass is 781 g/mol. The number of methoxy groups -OCH3 is 1. The number of nitrogens with zero attached hydrogens (tertiary/aromatic N) is 2. The summed E-state index contributed by atoms with van der Waals surface area (Å²) < 4.78 is 14.6. The molecule has 1 amide bonds. The Morgan fingerprint density at radius 1 is 1.04 bits per heavy atom. The number of carbonyl (C=O) groups is 1. The lowest BCUT2D eigenvalue weighted by Gasteiger charge is -2.25. The molecule has 7 nitrogen and oxygen atoms in total. The molecule has 1 aromatic heterocycles. The Kier molecular flexibility index (Phi) is 9.65. The van der Waals surface area contributed by atoms with Crippen molar-refractivity contribution in [3.8, 4) is 11.5 Å². The van der Waals surface area contributed by atoms with E-state index in [2.05, 4.69) is 27.9 Å². The average Bonchev–Trinajstić information content (AvgIpc) is 3.34. The van der Waals surface area contributed by atoms with E-state index in [1.54, 1.807) is 36.8 Å². The van der Waals surface area contributed by atoms with Crippen LogP contribution in [-0.4, -0.2) is 17.6 Å². The Balaban J connectivity index is 1.40. The van der Waals surface area contributed by atoms with E-state index < -0.39 is 6.04 Å². The van der Waals surface area contributed by atoms with Crippen LogP contribution in [0.5, 0.6) is 11.5 Å². The Labute approximate surface area is 292 Å². The zero-order valence-corrected chi connectivity index (χ0v) is 29.1. The highest BCUT2D eigenvalue weighted by Gasteiger charge is 2.32. The highest BCUT2D eigenvalue weighted by Crippen LogP contribution is 2.36. The van der Waals surface area contributed by atoms with Crippen LogP contribution in [0.3, 0.4) is 0 Å². The van der Waals surface area contributed by atoms with Crippen LogP contribution >= 0.6 is 57.1 Å². The van der Waals surface area contributed by atoms with Crippen LogP contribution in [0.2, 0.25) is 10.0 Å². The zero-order valence-electron chi connectivity index (χ0n) is 24.6. The SMILES string of the molecule is COc1cc(C=c2sc3n(c2=O)[C@H](c2ccc(Cl)cc2)C(C(=O)Nc2ccccc2)=C(C)N=3)cc(I)c1OCc1ccccc1Cl. The molecule has 0 bridgehead atoms. The first kappa shape index (κ1) is 32.1. The maximum atomic E-state index is 14.1. The first-order valence-electron chi connectivity index (χ1n) is 14.1. The number of carbonyl (C=O) groups excluding carboxylic acids is 1. The van der Waals surface area contributed by atoms with Crippen molar-refractivity contribution in [1.82, 2.24) is 4.57 Å². The van der Waals surface area contributed by atoms with E-state index in [0.29, 0.717) is 47.8 Å². The van der Waals surface area contributed by atoms with Gasteiger partial charge in [-0.05, 0) is 89.2 Å². The van der Waals surface area contributed by atoms with E-state index in [4.69, 9.17) is 37.7 Å². The number of hydrogen-bond donors (Lipinski definition) is 1. The molecular weight excluding hydrogens is 756 g/mol. The molecule has 0 saturated heterocycles. The van der Waals surface area contributed by atoms with Crippen molar-refractivity contribution in [3.63, 3.8) is 0 Å². The third-order valence-corrected chi connectivity index (χ3v) is 9.77. The van der Waals surface area contributed by atoms with E-state index in [0.717, 1.165) is 20.3 Å². The largest absolute Gasteiger partial charge is 0.493 e. The van der Waals surface area contributed by atoms with Gasteiger partial charge in [0.15, 0.2) is 16.3 Å². The molecule has 5 aromatic rings. The minimum Gasteiger partial charge on any atom is -0.493 e. The maximum Gasteiger partial charge on any atom is 0.271 e. The van der Waals surface area contributed by atoms with Gasteiger partial charge < -0.3 is 14.8 Å². The second kappa shape index (κ2) is 13.8. The van der Waals surface area contributed by atoms with Crippen LogP contribution in [0, 0.1) is 3.57 Å².